The SMILES string of the molecule is CCCn1cc2nc3c(-c4ccc(C#N)cc4)cccc3c(N)c2c1O. The van der Waals surface area contributed by atoms with Crippen molar-refractivity contribution in [1.29, 1.82) is 5.26 Å². The summed E-state index contributed by atoms with van der Waals surface area (Å²) in [6.45, 7) is 2.76. The zero-order chi connectivity index (χ0) is 18.3. The quantitative estimate of drug-likeness (QED) is 0.576. The highest BCUT2D eigenvalue weighted by Crippen LogP contribution is 2.38. The van der Waals surface area contributed by atoms with Crippen molar-refractivity contribution in [2.75, 3.05) is 5.73 Å². The molecule has 0 spiro atoms. The minimum absolute atomic E-state index is 0.164. The van der Waals surface area contributed by atoms with Gasteiger partial charge in [-0.3, -0.25) is 0 Å². The lowest BCUT2D eigenvalue weighted by Crippen LogP contribution is -1.94. The Morgan fingerprint density at radius 3 is 2.65 bits per heavy atom. The third kappa shape index (κ3) is 2.35. The summed E-state index contributed by atoms with van der Waals surface area (Å²) in [6, 6.07) is 15.4. The Bertz CT molecular complexity index is 1170. The fraction of sp³-hybridized carbons (Fsp3) is 0.143. The topological polar surface area (TPSA) is 87.9 Å². The van der Waals surface area contributed by atoms with Crippen LogP contribution in [-0.4, -0.2) is 14.7 Å². The van der Waals surface area contributed by atoms with Crippen LogP contribution in [0.25, 0.3) is 32.9 Å². The Morgan fingerprint density at radius 2 is 1.96 bits per heavy atom. The fourth-order valence-electron chi connectivity index (χ4n) is 3.38. The van der Waals surface area contributed by atoms with Gasteiger partial charge in [0.25, 0.3) is 0 Å². The first-order valence-corrected chi connectivity index (χ1v) is 8.54. The number of benzene rings is 2. The number of pyridine rings is 1. The van der Waals surface area contributed by atoms with Crippen LogP contribution in [0.4, 0.5) is 5.69 Å². The van der Waals surface area contributed by atoms with Crippen molar-refractivity contribution in [3.63, 3.8) is 0 Å². The van der Waals surface area contributed by atoms with Crippen LogP contribution in [-0.2, 0) is 6.54 Å². The molecule has 128 valence electrons. The summed E-state index contributed by atoms with van der Waals surface area (Å²) >= 11 is 0. The number of anilines is 1. The molecule has 0 aliphatic rings. The summed E-state index contributed by atoms with van der Waals surface area (Å²) < 4.78 is 1.79. The number of hydrogen-bond acceptors (Lipinski definition) is 4. The number of aromatic nitrogens is 2. The van der Waals surface area contributed by atoms with Gasteiger partial charge in [0.15, 0.2) is 0 Å². The second-order valence-electron chi connectivity index (χ2n) is 6.32. The van der Waals surface area contributed by atoms with E-state index in [2.05, 4.69) is 13.0 Å². The maximum absolute atomic E-state index is 10.5. The molecule has 0 amide bonds. The van der Waals surface area contributed by atoms with Crippen LogP contribution in [0.5, 0.6) is 5.88 Å². The molecule has 4 aromatic rings. The lowest BCUT2D eigenvalue weighted by Gasteiger charge is -2.09. The highest BCUT2D eigenvalue weighted by atomic mass is 16.3. The molecule has 2 aromatic heterocycles. The van der Waals surface area contributed by atoms with Gasteiger partial charge in [-0.25, -0.2) is 4.98 Å². The summed E-state index contributed by atoms with van der Waals surface area (Å²) in [5, 5.41) is 20.9. The summed E-state index contributed by atoms with van der Waals surface area (Å²) in [4.78, 5) is 4.80. The largest absolute Gasteiger partial charge is 0.494 e. The smallest absolute Gasteiger partial charge is 0.202 e. The number of aryl methyl sites for hydroxylation is 1. The predicted molar refractivity (Wildman–Crippen MR) is 104 cm³/mol. The molecule has 0 atom stereocenters. The Hall–Kier alpha value is -3.52. The molecule has 4 rings (SSSR count). The monoisotopic (exact) mass is 342 g/mol. The van der Waals surface area contributed by atoms with Crippen LogP contribution in [0, 0.1) is 11.3 Å². The standard InChI is InChI=1S/C21H18N4O/c1-2-10-25-12-17-18(21(25)26)19(23)16-5-3-4-15(20(16)24-17)14-8-6-13(11-22)7-9-14/h3-9,12,26H,2,10,23H2,1H3. The van der Waals surface area contributed by atoms with Crippen molar-refractivity contribution in [2.24, 2.45) is 0 Å². The van der Waals surface area contributed by atoms with Crippen LogP contribution in [0.2, 0.25) is 0 Å². The van der Waals surface area contributed by atoms with Gasteiger partial charge in [0.1, 0.15) is 0 Å². The number of nitriles is 1. The maximum atomic E-state index is 10.5. The molecule has 0 fully saturated rings. The molecular formula is C21H18N4O. The van der Waals surface area contributed by atoms with E-state index in [1.165, 1.54) is 0 Å². The van der Waals surface area contributed by atoms with E-state index in [9.17, 15) is 5.11 Å². The van der Waals surface area contributed by atoms with E-state index in [1.807, 2.05) is 36.5 Å². The van der Waals surface area contributed by atoms with Crippen molar-refractivity contribution in [2.45, 2.75) is 19.9 Å². The van der Waals surface area contributed by atoms with Gasteiger partial charge in [-0.1, -0.05) is 37.3 Å². The van der Waals surface area contributed by atoms with Gasteiger partial charge < -0.3 is 15.4 Å². The molecule has 0 aliphatic carbocycles. The van der Waals surface area contributed by atoms with Crippen LogP contribution in [0.3, 0.4) is 0 Å². The molecule has 5 heteroatoms. The van der Waals surface area contributed by atoms with E-state index >= 15 is 0 Å². The zero-order valence-electron chi connectivity index (χ0n) is 14.4. The second-order valence-corrected chi connectivity index (χ2v) is 6.32. The number of nitrogens with zero attached hydrogens (tertiary/aromatic N) is 3. The van der Waals surface area contributed by atoms with E-state index in [1.54, 1.807) is 16.7 Å². The zero-order valence-corrected chi connectivity index (χ0v) is 14.4. The summed E-state index contributed by atoms with van der Waals surface area (Å²) in [5.74, 6) is 0.164. The average molecular weight is 342 g/mol. The Labute approximate surface area is 150 Å². The van der Waals surface area contributed by atoms with Crippen molar-refractivity contribution in [3.8, 4) is 23.1 Å². The molecule has 0 saturated heterocycles. The highest BCUT2D eigenvalue weighted by molar-refractivity contribution is 6.12. The van der Waals surface area contributed by atoms with E-state index < -0.39 is 0 Å². The number of hydrogen-bond donors (Lipinski definition) is 2. The molecule has 2 aromatic carbocycles. The van der Waals surface area contributed by atoms with Gasteiger partial charge in [0.2, 0.25) is 5.88 Å². The number of rotatable bonds is 3. The number of fused-ring (bicyclic) bond motifs is 2. The van der Waals surface area contributed by atoms with E-state index in [0.717, 1.165) is 28.5 Å². The molecule has 26 heavy (non-hydrogen) atoms. The first kappa shape index (κ1) is 16.0. The molecule has 0 aliphatic heterocycles. The van der Waals surface area contributed by atoms with E-state index in [-0.39, 0.29) is 5.88 Å². The molecule has 3 N–H and O–H groups in total. The predicted octanol–water partition coefficient (Wildman–Crippen LogP) is 4.43. The third-order valence-corrected chi connectivity index (χ3v) is 4.65. The Kier molecular flexibility index (Phi) is 3.74. The first-order valence-electron chi connectivity index (χ1n) is 8.54. The van der Waals surface area contributed by atoms with Crippen molar-refractivity contribution >= 4 is 27.5 Å². The molecule has 5 nitrogen and oxygen atoms in total. The van der Waals surface area contributed by atoms with Gasteiger partial charge in [-0.15, -0.1) is 0 Å². The summed E-state index contributed by atoms with van der Waals surface area (Å²) in [7, 11) is 0. The minimum Gasteiger partial charge on any atom is -0.494 e. The van der Waals surface area contributed by atoms with Gasteiger partial charge >= 0.3 is 0 Å². The van der Waals surface area contributed by atoms with Crippen molar-refractivity contribution in [1.82, 2.24) is 9.55 Å². The molecule has 0 unspecified atom stereocenters. The van der Waals surface area contributed by atoms with Crippen molar-refractivity contribution in [3.05, 3.63) is 54.2 Å². The molecule has 0 saturated carbocycles. The molecule has 2 heterocycles. The summed E-state index contributed by atoms with van der Waals surface area (Å²) in [5.41, 5.74) is 10.9. The van der Waals surface area contributed by atoms with Crippen LogP contribution in [0.1, 0.15) is 18.9 Å². The molecule has 0 bridgehead atoms. The maximum Gasteiger partial charge on any atom is 0.202 e. The molecular weight excluding hydrogens is 324 g/mol. The number of para-hydroxylation sites is 1. The van der Waals surface area contributed by atoms with Gasteiger partial charge in [-0.2, -0.15) is 5.26 Å². The van der Waals surface area contributed by atoms with Gasteiger partial charge in [-0.05, 0) is 24.1 Å². The van der Waals surface area contributed by atoms with Gasteiger partial charge in [0, 0.05) is 23.7 Å². The van der Waals surface area contributed by atoms with Gasteiger partial charge in [0.05, 0.1) is 33.7 Å². The van der Waals surface area contributed by atoms with Crippen molar-refractivity contribution < 1.29 is 5.11 Å². The normalized spacial score (nSPS) is 11.1. The third-order valence-electron chi connectivity index (χ3n) is 4.65. The summed E-state index contributed by atoms with van der Waals surface area (Å²) in [6.07, 6.45) is 2.75. The second kappa shape index (κ2) is 6.08. The average Bonchev–Trinajstić information content (AvgIpc) is 2.98. The fourth-order valence-corrected chi connectivity index (χ4v) is 3.38. The van der Waals surface area contributed by atoms with Crippen LogP contribution >= 0.6 is 0 Å². The lowest BCUT2D eigenvalue weighted by atomic mass is 9.99. The number of nitrogen functional groups attached to an aromatic ring is 1. The first-order chi connectivity index (χ1) is 12.6. The molecule has 0 radical (unpaired) electrons. The Morgan fingerprint density at radius 1 is 1.19 bits per heavy atom. The Balaban J connectivity index is 2.01. The van der Waals surface area contributed by atoms with Crippen LogP contribution < -0.4 is 5.73 Å². The number of nitrogens with two attached hydrogens (primary N) is 1. The van der Waals surface area contributed by atoms with E-state index in [4.69, 9.17) is 16.0 Å². The highest BCUT2D eigenvalue weighted by Gasteiger charge is 2.17. The minimum atomic E-state index is 0.164. The van der Waals surface area contributed by atoms with E-state index in [0.29, 0.717) is 28.7 Å². The number of aromatic hydroxyl groups is 1. The lowest BCUT2D eigenvalue weighted by molar-refractivity contribution is 0.421. The van der Waals surface area contributed by atoms with Crippen LogP contribution in [0.15, 0.2) is 48.7 Å².